The first-order chi connectivity index (χ1) is 8.99. The van der Waals surface area contributed by atoms with Crippen molar-refractivity contribution >= 4 is 21.6 Å². The number of rotatable bonds is 8. The summed E-state index contributed by atoms with van der Waals surface area (Å²) in [5.41, 5.74) is 0. The highest BCUT2D eigenvalue weighted by Crippen LogP contribution is 2.13. The summed E-state index contributed by atoms with van der Waals surface area (Å²) in [6.45, 7) is 4.60. The normalized spacial score (nSPS) is 12.0. The first-order valence-electron chi connectivity index (χ1n) is 5.98. The minimum Gasteiger partial charge on any atom is -0.352 e. The van der Waals surface area contributed by atoms with Gasteiger partial charge in [0, 0.05) is 18.2 Å². The summed E-state index contributed by atoms with van der Waals surface area (Å²) in [6.07, 6.45) is -0.586. The largest absolute Gasteiger partial charge is 0.352 e. The second kappa shape index (κ2) is 7.81. The Bertz CT molecular complexity index is 469. The molecule has 1 aromatic carbocycles. The van der Waals surface area contributed by atoms with E-state index in [-0.39, 0.29) is 11.4 Å². The fraction of sp³-hybridized carbons (Fsp3) is 0.500. The van der Waals surface area contributed by atoms with Crippen LogP contribution >= 0.6 is 11.6 Å². The predicted octanol–water partition coefficient (Wildman–Crippen LogP) is 2.02. The molecule has 0 spiro atoms. The second-order valence-electron chi connectivity index (χ2n) is 3.65. The molecule has 0 aliphatic carbocycles. The second-order valence-corrected chi connectivity index (χ2v) is 5.85. The lowest BCUT2D eigenvalue weighted by Gasteiger charge is -2.17. The van der Waals surface area contributed by atoms with Crippen LogP contribution in [0.25, 0.3) is 0 Å². The third-order valence-electron chi connectivity index (χ3n) is 2.27. The zero-order valence-electron chi connectivity index (χ0n) is 10.9. The van der Waals surface area contributed by atoms with E-state index in [2.05, 4.69) is 4.72 Å². The van der Waals surface area contributed by atoms with Crippen LogP contribution in [-0.4, -0.2) is 34.5 Å². The Hall–Kier alpha value is -0.660. The summed E-state index contributed by atoms with van der Waals surface area (Å²) < 4.78 is 37.0. The third kappa shape index (κ3) is 5.46. The molecule has 0 saturated carbocycles. The van der Waals surface area contributed by atoms with Crippen LogP contribution in [0.2, 0.25) is 5.02 Å². The van der Waals surface area contributed by atoms with Gasteiger partial charge in [0.25, 0.3) is 0 Å². The molecular weight excluding hydrogens is 290 g/mol. The Kier molecular flexibility index (Phi) is 6.74. The molecule has 0 aliphatic rings. The summed E-state index contributed by atoms with van der Waals surface area (Å²) >= 11 is 5.72. The van der Waals surface area contributed by atoms with Crippen LogP contribution in [-0.2, 0) is 19.5 Å². The fourth-order valence-electron chi connectivity index (χ4n) is 1.41. The predicted molar refractivity (Wildman–Crippen MR) is 73.7 cm³/mol. The Balaban J connectivity index is 2.66. The van der Waals surface area contributed by atoms with Crippen molar-refractivity contribution in [1.29, 1.82) is 0 Å². The van der Waals surface area contributed by atoms with Crippen LogP contribution in [0.3, 0.4) is 0 Å². The average molecular weight is 308 g/mol. The van der Waals surface area contributed by atoms with E-state index in [1.165, 1.54) is 24.3 Å². The summed E-state index contributed by atoms with van der Waals surface area (Å²) in [7, 11) is -3.58. The molecule has 0 fully saturated rings. The minimum atomic E-state index is -3.58. The van der Waals surface area contributed by atoms with E-state index in [9.17, 15) is 8.42 Å². The van der Waals surface area contributed by atoms with Crippen LogP contribution < -0.4 is 4.72 Å². The van der Waals surface area contributed by atoms with Crippen molar-refractivity contribution in [2.24, 2.45) is 0 Å². The van der Waals surface area contributed by atoms with Crippen molar-refractivity contribution in [3.63, 3.8) is 0 Å². The lowest BCUT2D eigenvalue weighted by atomic mass is 10.4. The highest BCUT2D eigenvalue weighted by molar-refractivity contribution is 7.89. The molecule has 0 unspecified atom stereocenters. The van der Waals surface area contributed by atoms with Gasteiger partial charge in [-0.1, -0.05) is 11.6 Å². The van der Waals surface area contributed by atoms with E-state index in [4.69, 9.17) is 21.1 Å². The molecule has 0 radical (unpaired) electrons. The minimum absolute atomic E-state index is 0.0621. The molecule has 0 atom stereocenters. The molecule has 1 N–H and O–H groups in total. The van der Waals surface area contributed by atoms with Gasteiger partial charge in [0.1, 0.15) is 0 Å². The first-order valence-corrected chi connectivity index (χ1v) is 7.84. The van der Waals surface area contributed by atoms with E-state index in [0.717, 1.165) is 0 Å². The van der Waals surface area contributed by atoms with Crippen molar-refractivity contribution < 1.29 is 17.9 Å². The van der Waals surface area contributed by atoms with Gasteiger partial charge in [-0.3, -0.25) is 0 Å². The lowest BCUT2D eigenvalue weighted by molar-refractivity contribution is -0.130. The number of ether oxygens (including phenoxy) is 2. The molecule has 0 amide bonds. The van der Waals surface area contributed by atoms with Crippen molar-refractivity contribution in [2.75, 3.05) is 19.8 Å². The van der Waals surface area contributed by atoms with Crippen molar-refractivity contribution in [2.45, 2.75) is 25.0 Å². The van der Waals surface area contributed by atoms with Crippen LogP contribution in [0, 0.1) is 0 Å². The molecule has 1 rings (SSSR count). The summed E-state index contributed by atoms with van der Waals surface area (Å²) in [5.74, 6) is 0. The molecule has 0 aliphatic heterocycles. The average Bonchev–Trinajstić information content (AvgIpc) is 2.37. The molecule has 0 heterocycles. The Morgan fingerprint density at radius 2 is 1.68 bits per heavy atom. The highest BCUT2D eigenvalue weighted by atomic mass is 35.5. The summed E-state index contributed by atoms with van der Waals surface area (Å²) in [6, 6.07) is 5.94. The van der Waals surface area contributed by atoms with Gasteiger partial charge in [-0.2, -0.15) is 0 Å². The Labute approximate surface area is 118 Å². The number of sulfonamides is 1. The molecule has 1 aromatic rings. The third-order valence-corrected chi connectivity index (χ3v) is 3.96. The molecule has 7 heteroatoms. The number of nitrogens with one attached hydrogen (secondary N) is 1. The van der Waals surface area contributed by atoms with Gasteiger partial charge in [0.15, 0.2) is 6.29 Å². The van der Waals surface area contributed by atoms with Gasteiger partial charge in [0.2, 0.25) is 10.0 Å². The first kappa shape index (κ1) is 16.4. The number of benzene rings is 1. The maximum Gasteiger partial charge on any atom is 0.240 e. The molecule has 0 saturated heterocycles. The quantitative estimate of drug-likeness (QED) is 0.746. The van der Waals surface area contributed by atoms with Crippen LogP contribution in [0.5, 0.6) is 0 Å². The summed E-state index contributed by atoms with van der Waals surface area (Å²) in [4.78, 5) is 0.156. The van der Waals surface area contributed by atoms with E-state index in [0.29, 0.717) is 18.2 Å². The van der Waals surface area contributed by atoms with Gasteiger partial charge < -0.3 is 9.47 Å². The topological polar surface area (TPSA) is 64.6 Å². The maximum absolute atomic E-state index is 12.0. The van der Waals surface area contributed by atoms with Crippen molar-refractivity contribution in [3.8, 4) is 0 Å². The zero-order valence-corrected chi connectivity index (χ0v) is 12.5. The highest BCUT2D eigenvalue weighted by Gasteiger charge is 2.17. The molecule has 0 bridgehead atoms. The van der Waals surface area contributed by atoms with Crippen LogP contribution in [0.1, 0.15) is 13.8 Å². The van der Waals surface area contributed by atoms with E-state index in [1.54, 1.807) is 0 Å². The van der Waals surface area contributed by atoms with Gasteiger partial charge in [-0.05, 0) is 38.1 Å². The van der Waals surface area contributed by atoms with Gasteiger partial charge in [-0.25, -0.2) is 13.1 Å². The Morgan fingerprint density at radius 3 is 2.16 bits per heavy atom. The Morgan fingerprint density at radius 1 is 1.16 bits per heavy atom. The lowest BCUT2D eigenvalue weighted by Crippen LogP contribution is -2.35. The van der Waals surface area contributed by atoms with Crippen molar-refractivity contribution in [3.05, 3.63) is 29.3 Å². The van der Waals surface area contributed by atoms with Gasteiger partial charge in [-0.15, -0.1) is 0 Å². The number of hydrogen-bond acceptors (Lipinski definition) is 4. The van der Waals surface area contributed by atoms with E-state index in [1.807, 2.05) is 13.8 Å². The van der Waals surface area contributed by atoms with Crippen LogP contribution in [0.15, 0.2) is 29.2 Å². The smallest absolute Gasteiger partial charge is 0.240 e. The number of halogens is 1. The monoisotopic (exact) mass is 307 g/mol. The van der Waals surface area contributed by atoms with Gasteiger partial charge in [0.05, 0.1) is 11.4 Å². The molecular formula is C12H18ClNO4S. The zero-order chi connectivity index (χ0) is 14.3. The molecule has 19 heavy (non-hydrogen) atoms. The standard InChI is InChI=1S/C12H18ClNO4S/c1-3-17-12(18-4-2)9-14-19(15,16)11-7-5-10(13)6-8-11/h5-8,12,14H,3-4,9H2,1-2H3. The van der Waals surface area contributed by atoms with Gasteiger partial charge >= 0.3 is 0 Å². The SMILES string of the molecule is CCOC(CNS(=O)(=O)c1ccc(Cl)cc1)OCC. The molecule has 0 aromatic heterocycles. The fourth-order valence-corrected chi connectivity index (χ4v) is 2.56. The van der Waals surface area contributed by atoms with E-state index < -0.39 is 16.3 Å². The van der Waals surface area contributed by atoms with Crippen molar-refractivity contribution in [1.82, 2.24) is 4.72 Å². The number of hydrogen-bond donors (Lipinski definition) is 1. The van der Waals surface area contributed by atoms with E-state index >= 15 is 0 Å². The summed E-state index contributed by atoms with van der Waals surface area (Å²) in [5, 5.41) is 0.487. The molecule has 5 nitrogen and oxygen atoms in total. The van der Waals surface area contributed by atoms with Crippen LogP contribution in [0.4, 0.5) is 0 Å². The molecule has 108 valence electrons. The maximum atomic E-state index is 12.0.